The van der Waals surface area contributed by atoms with Crippen molar-refractivity contribution in [1.29, 1.82) is 5.26 Å². The second-order valence-electron chi connectivity index (χ2n) is 3.69. The van der Waals surface area contributed by atoms with Crippen LogP contribution in [0.3, 0.4) is 0 Å². The molecule has 0 aromatic heterocycles. The van der Waals surface area contributed by atoms with Crippen molar-refractivity contribution >= 4 is 17.3 Å². The van der Waals surface area contributed by atoms with Gasteiger partial charge in [0, 0.05) is 24.3 Å². The third-order valence-corrected chi connectivity index (χ3v) is 2.92. The molecular weight excluding hydrogens is 227 g/mol. The minimum absolute atomic E-state index is 0.0359. The fourth-order valence-corrected chi connectivity index (χ4v) is 1.78. The summed E-state index contributed by atoms with van der Waals surface area (Å²) in [6.45, 7) is 1.92. The summed E-state index contributed by atoms with van der Waals surface area (Å²) in [5, 5.41) is 8.64. The molecule has 0 amide bonds. The van der Waals surface area contributed by atoms with Gasteiger partial charge in [0.25, 0.3) is 0 Å². The first-order chi connectivity index (χ1) is 7.61. The molecule has 0 spiro atoms. The summed E-state index contributed by atoms with van der Waals surface area (Å²) in [4.78, 5) is 1.88. The van der Waals surface area contributed by atoms with Crippen molar-refractivity contribution in [1.82, 2.24) is 0 Å². The van der Waals surface area contributed by atoms with Crippen LogP contribution >= 0.6 is 11.6 Å². The van der Waals surface area contributed by atoms with Crippen molar-refractivity contribution < 1.29 is 4.39 Å². The van der Waals surface area contributed by atoms with Crippen LogP contribution in [0.5, 0.6) is 0 Å². The topological polar surface area (TPSA) is 27.0 Å². The number of hydrogen-bond donors (Lipinski definition) is 0. The van der Waals surface area contributed by atoms with Gasteiger partial charge in [-0.05, 0) is 19.1 Å². The van der Waals surface area contributed by atoms with E-state index in [1.807, 2.05) is 24.9 Å². The lowest BCUT2D eigenvalue weighted by Gasteiger charge is -2.27. The summed E-state index contributed by atoms with van der Waals surface area (Å²) < 4.78 is 13.5. The number of nitrogens with zero attached hydrogens (tertiary/aromatic N) is 2. The van der Waals surface area contributed by atoms with Gasteiger partial charge >= 0.3 is 0 Å². The highest BCUT2D eigenvalue weighted by molar-refractivity contribution is 6.17. The van der Waals surface area contributed by atoms with E-state index in [1.165, 1.54) is 6.07 Å². The Morgan fingerprint density at radius 2 is 2.25 bits per heavy atom. The number of nitriles is 1. The maximum atomic E-state index is 13.5. The van der Waals surface area contributed by atoms with Crippen LogP contribution in [0.1, 0.15) is 18.9 Å². The molecule has 1 aromatic rings. The largest absolute Gasteiger partial charge is 0.371 e. The van der Waals surface area contributed by atoms with Gasteiger partial charge in [0.15, 0.2) is 0 Å². The minimum atomic E-state index is -0.302. The van der Waals surface area contributed by atoms with Gasteiger partial charge in [0.1, 0.15) is 5.82 Å². The average molecular weight is 241 g/mol. The zero-order valence-electron chi connectivity index (χ0n) is 9.37. The van der Waals surface area contributed by atoms with E-state index in [0.29, 0.717) is 12.0 Å². The molecule has 1 atom stereocenters. The number of benzene rings is 1. The van der Waals surface area contributed by atoms with E-state index >= 15 is 0 Å². The molecule has 0 aliphatic rings. The minimum Gasteiger partial charge on any atom is -0.371 e. The van der Waals surface area contributed by atoms with Gasteiger partial charge in [0.05, 0.1) is 18.4 Å². The standard InChI is InChI=1S/C12H14ClFN2/c1-9(6-7-15)16(2)12-5-3-4-11(14)10(12)8-13/h3-5,9H,6,8H2,1-2H3. The molecular formula is C12H14ClFN2. The Hall–Kier alpha value is -1.27. The summed E-state index contributed by atoms with van der Waals surface area (Å²) in [7, 11) is 1.84. The van der Waals surface area contributed by atoms with Crippen molar-refractivity contribution in [2.45, 2.75) is 25.3 Å². The molecule has 0 fully saturated rings. The molecule has 1 rings (SSSR count). The summed E-state index contributed by atoms with van der Waals surface area (Å²) in [5.74, 6) is -0.172. The Bertz CT molecular complexity index is 400. The van der Waals surface area contributed by atoms with Crippen LogP contribution in [0.2, 0.25) is 0 Å². The Kier molecular flexibility index (Phi) is 4.57. The first kappa shape index (κ1) is 12.8. The summed E-state index contributed by atoms with van der Waals surface area (Å²) in [6.07, 6.45) is 0.398. The SMILES string of the molecule is CC(CC#N)N(C)c1cccc(F)c1CCl. The highest BCUT2D eigenvalue weighted by Gasteiger charge is 2.15. The van der Waals surface area contributed by atoms with Gasteiger partial charge in [0.2, 0.25) is 0 Å². The lowest BCUT2D eigenvalue weighted by atomic mass is 10.1. The molecule has 0 radical (unpaired) electrons. The lowest BCUT2D eigenvalue weighted by molar-refractivity contribution is 0.613. The third-order valence-electron chi connectivity index (χ3n) is 2.66. The van der Waals surface area contributed by atoms with E-state index in [-0.39, 0.29) is 17.7 Å². The molecule has 1 aromatic carbocycles. The van der Waals surface area contributed by atoms with Crippen LogP contribution in [0, 0.1) is 17.1 Å². The molecule has 16 heavy (non-hydrogen) atoms. The van der Waals surface area contributed by atoms with Gasteiger partial charge in [-0.25, -0.2) is 4.39 Å². The van der Waals surface area contributed by atoms with Crippen LogP contribution in [0.4, 0.5) is 10.1 Å². The number of rotatable bonds is 4. The van der Waals surface area contributed by atoms with E-state index in [1.54, 1.807) is 6.07 Å². The fraction of sp³-hybridized carbons (Fsp3) is 0.417. The zero-order valence-corrected chi connectivity index (χ0v) is 10.1. The summed E-state index contributed by atoms with van der Waals surface area (Å²) in [6, 6.07) is 6.99. The van der Waals surface area contributed by atoms with Crippen molar-refractivity contribution in [3.8, 4) is 6.07 Å². The smallest absolute Gasteiger partial charge is 0.129 e. The first-order valence-electron chi connectivity index (χ1n) is 5.05. The molecule has 0 saturated heterocycles. The normalized spacial score (nSPS) is 11.9. The lowest BCUT2D eigenvalue weighted by Crippen LogP contribution is -2.29. The summed E-state index contributed by atoms with van der Waals surface area (Å²) >= 11 is 5.73. The van der Waals surface area contributed by atoms with Crippen molar-refractivity contribution in [2.75, 3.05) is 11.9 Å². The van der Waals surface area contributed by atoms with Crippen molar-refractivity contribution in [2.24, 2.45) is 0 Å². The van der Waals surface area contributed by atoms with Crippen LogP contribution in [0.25, 0.3) is 0 Å². The molecule has 0 aliphatic carbocycles. The van der Waals surface area contributed by atoms with Crippen LogP contribution in [-0.2, 0) is 5.88 Å². The van der Waals surface area contributed by atoms with E-state index < -0.39 is 0 Å². The Balaban J connectivity index is 3.04. The number of hydrogen-bond acceptors (Lipinski definition) is 2. The van der Waals surface area contributed by atoms with Gasteiger partial charge < -0.3 is 4.90 Å². The second-order valence-corrected chi connectivity index (χ2v) is 3.96. The number of alkyl halides is 1. The highest BCUT2D eigenvalue weighted by Crippen LogP contribution is 2.25. The molecule has 0 aliphatic heterocycles. The Labute approximate surface area is 100 Å². The van der Waals surface area contributed by atoms with Crippen molar-refractivity contribution in [3.63, 3.8) is 0 Å². The van der Waals surface area contributed by atoms with Gasteiger partial charge in [-0.2, -0.15) is 5.26 Å². The van der Waals surface area contributed by atoms with Gasteiger partial charge in [-0.3, -0.25) is 0 Å². The maximum absolute atomic E-state index is 13.5. The molecule has 4 heteroatoms. The predicted molar refractivity (Wildman–Crippen MR) is 64.1 cm³/mol. The Morgan fingerprint density at radius 1 is 1.56 bits per heavy atom. The van der Waals surface area contributed by atoms with E-state index in [4.69, 9.17) is 16.9 Å². The number of anilines is 1. The van der Waals surface area contributed by atoms with E-state index in [9.17, 15) is 4.39 Å². The highest BCUT2D eigenvalue weighted by atomic mass is 35.5. The van der Waals surface area contributed by atoms with E-state index in [0.717, 1.165) is 5.69 Å². The molecule has 0 N–H and O–H groups in total. The molecule has 0 saturated carbocycles. The predicted octanol–water partition coefficient (Wildman–Crippen LogP) is 3.30. The molecule has 2 nitrogen and oxygen atoms in total. The van der Waals surface area contributed by atoms with Gasteiger partial charge in [-0.15, -0.1) is 11.6 Å². The zero-order chi connectivity index (χ0) is 12.1. The van der Waals surface area contributed by atoms with Gasteiger partial charge in [-0.1, -0.05) is 6.07 Å². The quantitative estimate of drug-likeness (QED) is 0.755. The average Bonchev–Trinajstić information content (AvgIpc) is 2.28. The second kappa shape index (κ2) is 5.72. The van der Waals surface area contributed by atoms with Crippen LogP contribution in [0.15, 0.2) is 18.2 Å². The molecule has 1 unspecified atom stereocenters. The van der Waals surface area contributed by atoms with Crippen molar-refractivity contribution in [3.05, 3.63) is 29.6 Å². The van der Waals surface area contributed by atoms with Crippen LogP contribution < -0.4 is 4.90 Å². The third kappa shape index (κ3) is 2.65. The molecule has 0 bridgehead atoms. The van der Waals surface area contributed by atoms with Crippen LogP contribution in [-0.4, -0.2) is 13.1 Å². The Morgan fingerprint density at radius 3 is 2.81 bits per heavy atom. The molecule has 0 heterocycles. The molecule has 86 valence electrons. The monoisotopic (exact) mass is 240 g/mol. The first-order valence-corrected chi connectivity index (χ1v) is 5.58. The van der Waals surface area contributed by atoms with E-state index in [2.05, 4.69) is 6.07 Å². The summed E-state index contributed by atoms with van der Waals surface area (Å²) in [5.41, 5.74) is 1.23. The maximum Gasteiger partial charge on any atom is 0.129 e. The number of halogens is 2. The fourth-order valence-electron chi connectivity index (χ4n) is 1.52.